The lowest BCUT2D eigenvalue weighted by molar-refractivity contribution is -0.140. The number of benzene rings is 1. The molecule has 1 aliphatic rings. The quantitative estimate of drug-likeness (QED) is 0.882. The molecule has 1 aromatic carbocycles. The number of thioether (sulfide) groups is 1. The molecule has 1 aliphatic heterocycles. The van der Waals surface area contributed by atoms with Gasteiger partial charge < -0.3 is 5.11 Å². The predicted molar refractivity (Wildman–Crippen MR) is 68.9 cm³/mol. The van der Waals surface area contributed by atoms with Crippen LogP contribution in [-0.2, 0) is 14.8 Å². The molecule has 1 fully saturated rings. The first kappa shape index (κ1) is 13.9. The maximum absolute atomic E-state index is 12.4. The molecule has 6 nitrogen and oxygen atoms in total. The Bertz CT molecular complexity index is 651. The third-order valence-electron chi connectivity index (χ3n) is 2.72. The fourth-order valence-corrected chi connectivity index (χ4v) is 5.05. The summed E-state index contributed by atoms with van der Waals surface area (Å²) in [6.07, 6.45) is 0. The fourth-order valence-electron chi connectivity index (χ4n) is 1.77. The maximum atomic E-state index is 12.4. The zero-order valence-corrected chi connectivity index (χ0v) is 11.3. The normalized spacial score (nSPS) is 20.1. The number of nitriles is 1. The number of carboxylic acids is 1. The zero-order valence-electron chi connectivity index (χ0n) is 9.68. The molecule has 0 amide bonds. The van der Waals surface area contributed by atoms with Gasteiger partial charge in [-0.15, -0.1) is 11.8 Å². The van der Waals surface area contributed by atoms with Crippen LogP contribution in [0.1, 0.15) is 5.56 Å². The minimum absolute atomic E-state index is 0.0172. The minimum atomic E-state index is -3.97. The Labute approximate surface area is 114 Å². The summed E-state index contributed by atoms with van der Waals surface area (Å²) in [5, 5.41) is 18.0. The molecule has 0 aliphatic carbocycles. The third-order valence-corrected chi connectivity index (χ3v) is 5.81. The number of rotatable bonds is 3. The number of hydrogen-bond donors (Lipinski definition) is 1. The van der Waals surface area contributed by atoms with Crippen molar-refractivity contribution in [2.45, 2.75) is 10.9 Å². The SMILES string of the molecule is N#Cc1ccccc1S(=O)(=O)N1CSC[C@@H]1C(=O)O. The van der Waals surface area contributed by atoms with Crippen molar-refractivity contribution in [3.05, 3.63) is 29.8 Å². The van der Waals surface area contributed by atoms with Crippen molar-refractivity contribution in [3.63, 3.8) is 0 Å². The predicted octanol–water partition coefficient (Wildman–Crippen LogP) is 0.706. The second-order valence-corrected chi connectivity index (χ2v) is 6.71. The molecule has 8 heteroatoms. The Balaban J connectivity index is 2.49. The van der Waals surface area contributed by atoms with Crippen molar-refractivity contribution in [2.24, 2.45) is 0 Å². The number of carboxylic acid groups (broad SMARTS) is 1. The maximum Gasteiger partial charge on any atom is 0.322 e. The monoisotopic (exact) mass is 298 g/mol. The van der Waals surface area contributed by atoms with Gasteiger partial charge in [0, 0.05) is 5.75 Å². The highest BCUT2D eigenvalue weighted by molar-refractivity contribution is 8.00. The van der Waals surface area contributed by atoms with Crippen LogP contribution in [-0.4, -0.2) is 41.5 Å². The lowest BCUT2D eigenvalue weighted by Crippen LogP contribution is -2.41. The van der Waals surface area contributed by atoms with Gasteiger partial charge in [0.25, 0.3) is 0 Å². The van der Waals surface area contributed by atoms with Crippen molar-refractivity contribution < 1.29 is 18.3 Å². The first-order valence-electron chi connectivity index (χ1n) is 5.30. The average molecular weight is 298 g/mol. The van der Waals surface area contributed by atoms with Crippen LogP contribution in [0, 0.1) is 11.3 Å². The van der Waals surface area contributed by atoms with Crippen LogP contribution in [0.2, 0.25) is 0 Å². The van der Waals surface area contributed by atoms with Gasteiger partial charge >= 0.3 is 5.97 Å². The third kappa shape index (κ3) is 2.45. The largest absolute Gasteiger partial charge is 0.480 e. The zero-order chi connectivity index (χ0) is 14.0. The van der Waals surface area contributed by atoms with E-state index in [1.165, 1.54) is 30.0 Å². The molecule has 0 saturated carbocycles. The smallest absolute Gasteiger partial charge is 0.322 e. The van der Waals surface area contributed by atoms with Crippen LogP contribution < -0.4 is 0 Å². The van der Waals surface area contributed by atoms with E-state index in [1.807, 2.05) is 6.07 Å². The van der Waals surface area contributed by atoms with Crippen LogP contribution in [0.5, 0.6) is 0 Å². The van der Waals surface area contributed by atoms with Crippen molar-refractivity contribution >= 4 is 27.8 Å². The molecule has 0 unspecified atom stereocenters. The minimum Gasteiger partial charge on any atom is -0.480 e. The number of aliphatic carboxylic acids is 1. The molecular formula is C11H10N2O4S2. The Kier molecular flexibility index (Phi) is 3.80. The van der Waals surface area contributed by atoms with E-state index >= 15 is 0 Å². The molecule has 0 spiro atoms. The lowest BCUT2D eigenvalue weighted by Gasteiger charge is -2.20. The van der Waals surface area contributed by atoms with Gasteiger partial charge in [0.1, 0.15) is 17.0 Å². The average Bonchev–Trinajstić information content (AvgIpc) is 2.88. The highest BCUT2D eigenvalue weighted by Crippen LogP contribution is 2.29. The Morgan fingerprint density at radius 2 is 2.16 bits per heavy atom. The Hall–Kier alpha value is -1.56. The van der Waals surface area contributed by atoms with Crippen LogP contribution in [0.25, 0.3) is 0 Å². The molecule has 1 N–H and O–H groups in total. The molecular weight excluding hydrogens is 288 g/mol. The van der Waals surface area contributed by atoms with Gasteiger partial charge in [-0.1, -0.05) is 12.1 Å². The standard InChI is InChI=1S/C11H10N2O4S2/c12-5-8-3-1-2-4-10(8)19(16,17)13-7-18-6-9(13)11(14)15/h1-4,9H,6-7H2,(H,14,15)/t9-/m1/s1. The summed E-state index contributed by atoms with van der Waals surface area (Å²) in [7, 11) is -3.97. The highest BCUT2D eigenvalue weighted by Gasteiger charge is 2.40. The van der Waals surface area contributed by atoms with Crippen LogP contribution in [0.15, 0.2) is 29.2 Å². The number of nitrogens with zero attached hydrogens (tertiary/aromatic N) is 2. The molecule has 0 aromatic heterocycles. The van der Waals surface area contributed by atoms with Crippen molar-refractivity contribution in [3.8, 4) is 6.07 Å². The molecule has 0 radical (unpaired) electrons. The lowest BCUT2D eigenvalue weighted by atomic mass is 10.2. The molecule has 2 rings (SSSR count). The van der Waals surface area contributed by atoms with Crippen LogP contribution in [0.3, 0.4) is 0 Å². The number of carbonyl (C=O) groups is 1. The molecule has 100 valence electrons. The van der Waals surface area contributed by atoms with Gasteiger partial charge in [-0.05, 0) is 12.1 Å². The van der Waals surface area contributed by atoms with E-state index in [2.05, 4.69) is 0 Å². The summed E-state index contributed by atoms with van der Waals surface area (Å²) in [6.45, 7) is 0. The van der Waals surface area contributed by atoms with Gasteiger partial charge in [-0.2, -0.15) is 9.57 Å². The van der Waals surface area contributed by atoms with Gasteiger partial charge in [-0.25, -0.2) is 8.42 Å². The molecule has 1 atom stereocenters. The van der Waals surface area contributed by atoms with Gasteiger partial charge in [0.2, 0.25) is 10.0 Å². The van der Waals surface area contributed by atoms with Crippen molar-refractivity contribution in [1.82, 2.24) is 4.31 Å². The number of sulfonamides is 1. The second-order valence-electron chi connectivity index (χ2n) is 3.85. The van der Waals surface area contributed by atoms with Gasteiger partial charge in [0.05, 0.1) is 11.4 Å². The van der Waals surface area contributed by atoms with E-state index in [4.69, 9.17) is 10.4 Å². The summed E-state index contributed by atoms with van der Waals surface area (Å²) in [4.78, 5) is 10.9. The van der Waals surface area contributed by atoms with Crippen LogP contribution >= 0.6 is 11.8 Å². The first-order chi connectivity index (χ1) is 8.98. The van der Waals surface area contributed by atoms with E-state index in [0.29, 0.717) is 0 Å². The van der Waals surface area contributed by atoms with Gasteiger partial charge in [0.15, 0.2) is 0 Å². The second kappa shape index (κ2) is 5.21. The van der Waals surface area contributed by atoms with Crippen LogP contribution in [0.4, 0.5) is 0 Å². The van der Waals surface area contributed by atoms with Gasteiger partial charge in [-0.3, -0.25) is 4.79 Å². The van der Waals surface area contributed by atoms with E-state index in [9.17, 15) is 13.2 Å². The summed E-state index contributed by atoms with van der Waals surface area (Å²) in [5.74, 6) is -0.884. The van der Waals surface area contributed by atoms with E-state index in [-0.39, 0.29) is 22.1 Å². The summed E-state index contributed by atoms with van der Waals surface area (Å²) in [5.41, 5.74) is 0.0172. The summed E-state index contributed by atoms with van der Waals surface area (Å²) >= 11 is 1.24. The van der Waals surface area contributed by atoms with E-state index in [1.54, 1.807) is 6.07 Å². The Morgan fingerprint density at radius 3 is 2.79 bits per heavy atom. The first-order valence-corrected chi connectivity index (χ1v) is 7.89. The van der Waals surface area contributed by atoms with E-state index in [0.717, 1.165) is 4.31 Å². The number of hydrogen-bond acceptors (Lipinski definition) is 5. The Morgan fingerprint density at radius 1 is 1.47 bits per heavy atom. The molecule has 0 bridgehead atoms. The van der Waals surface area contributed by atoms with E-state index < -0.39 is 22.0 Å². The topological polar surface area (TPSA) is 98.5 Å². The molecule has 1 saturated heterocycles. The highest BCUT2D eigenvalue weighted by atomic mass is 32.2. The van der Waals surface area contributed by atoms with Crippen molar-refractivity contribution in [1.29, 1.82) is 5.26 Å². The summed E-state index contributed by atoms with van der Waals surface area (Å²) < 4.78 is 25.8. The molecule has 1 heterocycles. The molecule has 1 aromatic rings. The summed E-state index contributed by atoms with van der Waals surface area (Å²) in [6, 6.07) is 6.50. The fraction of sp³-hybridized carbons (Fsp3) is 0.273. The van der Waals surface area contributed by atoms with Crippen molar-refractivity contribution in [2.75, 3.05) is 11.6 Å². The molecule has 19 heavy (non-hydrogen) atoms.